The molecule has 6 heteroatoms. The van der Waals surface area contributed by atoms with Crippen molar-refractivity contribution in [2.24, 2.45) is 0 Å². The minimum Gasteiger partial charge on any atom is -0.497 e. The number of fused-ring (bicyclic) bond motifs is 1. The number of aliphatic hydroxyl groups is 1. The highest BCUT2D eigenvalue weighted by atomic mass is 32.2. The number of benzene rings is 2. The van der Waals surface area contributed by atoms with E-state index in [1.54, 1.807) is 25.3 Å². The topological polar surface area (TPSA) is 66.8 Å². The second kappa shape index (κ2) is 6.45. The Morgan fingerprint density at radius 3 is 2.75 bits per heavy atom. The van der Waals surface area contributed by atoms with Crippen molar-refractivity contribution < 1.29 is 18.3 Å². The average Bonchev–Trinajstić information content (AvgIpc) is 2.54. The summed E-state index contributed by atoms with van der Waals surface area (Å²) in [6, 6.07) is 12.6. The number of rotatable bonds is 4. The van der Waals surface area contributed by atoms with E-state index < -0.39 is 16.1 Å². The Bertz CT molecular complexity index is 848. The van der Waals surface area contributed by atoms with Crippen LogP contribution in [-0.4, -0.2) is 27.2 Å². The Kier molecular flexibility index (Phi) is 4.51. The summed E-state index contributed by atoms with van der Waals surface area (Å²) in [7, 11) is -1.98. The highest BCUT2D eigenvalue weighted by Gasteiger charge is 2.31. The van der Waals surface area contributed by atoms with Crippen LogP contribution < -0.4 is 9.04 Å². The van der Waals surface area contributed by atoms with Gasteiger partial charge in [-0.15, -0.1) is 0 Å². The molecule has 2 aromatic rings. The van der Waals surface area contributed by atoms with Crippen LogP contribution in [0.2, 0.25) is 0 Å². The Hall–Kier alpha value is -2.05. The van der Waals surface area contributed by atoms with Crippen LogP contribution in [0.15, 0.2) is 42.5 Å². The molecule has 0 spiro atoms. The second-order valence-corrected chi connectivity index (χ2v) is 7.94. The fourth-order valence-electron chi connectivity index (χ4n) is 3.05. The van der Waals surface area contributed by atoms with E-state index in [9.17, 15) is 13.5 Å². The summed E-state index contributed by atoms with van der Waals surface area (Å²) in [6.45, 7) is 2.21. The molecule has 3 rings (SSSR count). The number of methoxy groups -OCH3 is 1. The van der Waals surface area contributed by atoms with Crippen molar-refractivity contribution >= 4 is 15.7 Å². The zero-order valence-corrected chi connectivity index (χ0v) is 14.6. The van der Waals surface area contributed by atoms with E-state index in [0.29, 0.717) is 23.4 Å². The lowest BCUT2D eigenvalue weighted by atomic mass is 10.0. The van der Waals surface area contributed by atoms with E-state index in [0.717, 1.165) is 11.1 Å². The number of aryl methyl sites for hydroxylation is 1. The summed E-state index contributed by atoms with van der Waals surface area (Å²) in [5.74, 6) is 0.543. The van der Waals surface area contributed by atoms with Gasteiger partial charge in [0, 0.05) is 12.1 Å². The van der Waals surface area contributed by atoms with Gasteiger partial charge in [-0.2, -0.15) is 0 Å². The quantitative estimate of drug-likeness (QED) is 0.923. The number of ether oxygens (including phenoxy) is 1. The summed E-state index contributed by atoms with van der Waals surface area (Å²) in [4.78, 5) is 0. The first-order chi connectivity index (χ1) is 11.4. The maximum Gasteiger partial charge on any atom is 0.239 e. The molecule has 0 aromatic heterocycles. The van der Waals surface area contributed by atoms with Crippen LogP contribution in [0, 0.1) is 6.92 Å². The van der Waals surface area contributed by atoms with E-state index in [1.165, 1.54) is 4.31 Å². The van der Waals surface area contributed by atoms with Gasteiger partial charge in [-0.25, -0.2) is 8.42 Å². The van der Waals surface area contributed by atoms with Crippen LogP contribution >= 0.6 is 0 Å². The molecule has 0 saturated heterocycles. The van der Waals surface area contributed by atoms with Gasteiger partial charge in [0.2, 0.25) is 10.0 Å². The maximum absolute atomic E-state index is 12.9. The number of nitrogens with zero attached hydrogens (tertiary/aromatic N) is 1. The van der Waals surface area contributed by atoms with E-state index in [1.807, 2.05) is 31.2 Å². The Labute approximate surface area is 142 Å². The lowest BCUT2D eigenvalue weighted by Gasteiger charge is -2.33. The first-order valence-corrected chi connectivity index (χ1v) is 9.43. The number of aliphatic hydroxyl groups excluding tert-OH is 1. The molecular formula is C18H21NO4S. The molecule has 0 aliphatic carbocycles. The molecule has 1 atom stereocenters. The Balaban J connectivity index is 1.96. The molecule has 1 N–H and O–H groups in total. The van der Waals surface area contributed by atoms with Gasteiger partial charge < -0.3 is 9.84 Å². The Morgan fingerprint density at radius 2 is 2.04 bits per heavy atom. The lowest BCUT2D eigenvalue weighted by Crippen LogP contribution is -2.37. The van der Waals surface area contributed by atoms with Gasteiger partial charge in [-0.1, -0.05) is 29.8 Å². The van der Waals surface area contributed by atoms with Gasteiger partial charge in [0.05, 0.1) is 24.7 Å². The summed E-state index contributed by atoms with van der Waals surface area (Å²) >= 11 is 0. The molecule has 0 bridgehead atoms. The zero-order chi connectivity index (χ0) is 17.3. The third-order valence-corrected chi connectivity index (χ3v) is 5.98. The summed E-state index contributed by atoms with van der Waals surface area (Å²) in [6.07, 6.45) is -0.312. The van der Waals surface area contributed by atoms with Crippen LogP contribution in [0.4, 0.5) is 5.69 Å². The fourth-order valence-corrected chi connectivity index (χ4v) is 4.65. The highest BCUT2D eigenvalue weighted by molar-refractivity contribution is 7.92. The molecule has 1 unspecified atom stereocenters. The first kappa shape index (κ1) is 16.8. The summed E-state index contributed by atoms with van der Waals surface area (Å²) in [5.41, 5.74) is 2.91. The second-order valence-electron chi connectivity index (χ2n) is 6.05. The minimum absolute atomic E-state index is 0.0593. The molecule has 128 valence electrons. The van der Waals surface area contributed by atoms with Gasteiger partial charge in [0.1, 0.15) is 5.75 Å². The van der Waals surface area contributed by atoms with Crippen LogP contribution in [0.1, 0.15) is 29.2 Å². The maximum atomic E-state index is 12.9. The third-order valence-electron chi connectivity index (χ3n) is 4.24. The van der Waals surface area contributed by atoms with E-state index in [-0.39, 0.29) is 12.3 Å². The first-order valence-electron chi connectivity index (χ1n) is 7.82. The number of hydrogen-bond acceptors (Lipinski definition) is 4. The molecule has 0 amide bonds. The van der Waals surface area contributed by atoms with E-state index in [2.05, 4.69) is 0 Å². The van der Waals surface area contributed by atoms with Crippen molar-refractivity contribution in [3.63, 3.8) is 0 Å². The van der Waals surface area contributed by atoms with Crippen molar-refractivity contribution in [3.8, 4) is 5.75 Å². The average molecular weight is 347 g/mol. The molecule has 1 aliphatic rings. The number of anilines is 1. The molecular weight excluding hydrogens is 326 g/mol. The third kappa shape index (κ3) is 3.25. The zero-order valence-electron chi connectivity index (χ0n) is 13.8. The monoisotopic (exact) mass is 347 g/mol. The van der Waals surface area contributed by atoms with E-state index >= 15 is 0 Å². The van der Waals surface area contributed by atoms with Gasteiger partial charge in [-0.05, 0) is 37.1 Å². The molecule has 0 fully saturated rings. The molecule has 24 heavy (non-hydrogen) atoms. The molecule has 1 heterocycles. The van der Waals surface area contributed by atoms with Crippen LogP contribution in [0.3, 0.4) is 0 Å². The Morgan fingerprint density at radius 1 is 1.25 bits per heavy atom. The van der Waals surface area contributed by atoms with Crippen LogP contribution in [0.25, 0.3) is 0 Å². The summed E-state index contributed by atoms with van der Waals surface area (Å²) < 4.78 is 32.4. The van der Waals surface area contributed by atoms with Crippen molar-refractivity contribution in [1.29, 1.82) is 0 Å². The molecule has 5 nitrogen and oxygen atoms in total. The lowest BCUT2D eigenvalue weighted by molar-refractivity contribution is 0.166. The molecule has 2 aromatic carbocycles. The van der Waals surface area contributed by atoms with E-state index in [4.69, 9.17) is 4.74 Å². The van der Waals surface area contributed by atoms with Crippen molar-refractivity contribution in [3.05, 3.63) is 59.2 Å². The number of hydrogen-bond donors (Lipinski definition) is 1. The largest absolute Gasteiger partial charge is 0.497 e. The SMILES string of the molecule is COc1ccc2c(c1)C(O)CCN2S(=O)(=O)Cc1cccc(C)c1. The molecule has 1 aliphatic heterocycles. The van der Waals surface area contributed by atoms with Gasteiger partial charge >= 0.3 is 0 Å². The predicted molar refractivity (Wildman–Crippen MR) is 93.7 cm³/mol. The number of sulfonamides is 1. The normalized spacial score (nSPS) is 17.5. The predicted octanol–water partition coefficient (Wildman–Crippen LogP) is 2.78. The smallest absolute Gasteiger partial charge is 0.239 e. The standard InChI is InChI=1S/C18H21NO4S/c1-13-4-3-5-14(10-13)12-24(21,22)19-9-8-18(20)16-11-15(23-2)6-7-17(16)19/h3-7,10-11,18,20H,8-9,12H2,1-2H3. The van der Waals surface area contributed by atoms with Gasteiger partial charge in [0.15, 0.2) is 0 Å². The minimum atomic E-state index is -3.53. The molecule has 0 radical (unpaired) electrons. The van der Waals surface area contributed by atoms with Crippen LogP contribution in [-0.2, 0) is 15.8 Å². The van der Waals surface area contributed by atoms with Gasteiger partial charge in [0.25, 0.3) is 0 Å². The van der Waals surface area contributed by atoms with Gasteiger partial charge in [-0.3, -0.25) is 4.31 Å². The van der Waals surface area contributed by atoms with Crippen molar-refractivity contribution in [2.75, 3.05) is 18.0 Å². The highest BCUT2D eigenvalue weighted by Crippen LogP contribution is 2.38. The van der Waals surface area contributed by atoms with Crippen molar-refractivity contribution in [1.82, 2.24) is 0 Å². The van der Waals surface area contributed by atoms with Crippen molar-refractivity contribution in [2.45, 2.75) is 25.2 Å². The fraction of sp³-hybridized carbons (Fsp3) is 0.333. The van der Waals surface area contributed by atoms with Crippen LogP contribution in [0.5, 0.6) is 5.75 Å². The molecule has 0 saturated carbocycles. The summed E-state index contributed by atoms with van der Waals surface area (Å²) in [5, 5.41) is 10.2.